The Kier molecular flexibility index (Phi) is 6.33. The molecule has 0 spiro atoms. The molecule has 0 aromatic carbocycles. The molecule has 0 rings (SSSR count). The number of unbranched alkanes of at least 4 members (excludes halogenated alkanes) is 1. The van der Waals surface area contributed by atoms with Crippen LogP contribution in [0.25, 0.3) is 0 Å². The Balaban J connectivity index is 3.37. The lowest BCUT2D eigenvalue weighted by atomic mass is 10.1. The molecule has 0 saturated carbocycles. The first-order valence-corrected chi connectivity index (χ1v) is 6.60. The highest BCUT2D eigenvalue weighted by Crippen LogP contribution is 2.05. The lowest BCUT2D eigenvalue weighted by Gasteiger charge is -2.05. The minimum atomic E-state index is -2.97. The third-order valence-corrected chi connectivity index (χ3v) is 3.31. The average Bonchev–Trinajstić information content (AvgIpc) is 2.03. The summed E-state index contributed by atoms with van der Waals surface area (Å²) in [6.07, 6.45) is 3.22. The van der Waals surface area contributed by atoms with Gasteiger partial charge in [0.25, 0.3) is 0 Å². The lowest BCUT2D eigenvalue weighted by molar-refractivity contribution is 0.531. The molecule has 0 aliphatic rings. The molecule has 0 bridgehead atoms. The van der Waals surface area contributed by atoms with Crippen LogP contribution in [0.5, 0.6) is 0 Å². The summed E-state index contributed by atoms with van der Waals surface area (Å²) in [4.78, 5) is 0. The molecule has 3 nitrogen and oxygen atoms in total. The van der Waals surface area contributed by atoms with E-state index < -0.39 is 10.0 Å². The number of nitrogens with one attached hydrogen (secondary N) is 1. The first kappa shape index (κ1) is 12.9. The number of hydrogen-bond acceptors (Lipinski definition) is 2. The summed E-state index contributed by atoms with van der Waals surface area (Å²) in [5.41, 5.74) is 0. The monoisotopic (exact) mass is 207 g/mol. The van der Waals surface area contributed by atoms with Crippen LogP contribution in [0.1, 0.15) is 40.0 Å². The van der Waals surface area contributed by atoms with Gasteiger partial charge in [0.2, 0.25) is 10.0 Å². The van der Waals surface area contributed by atoms with Crippen LogP contribution in [0.2, 0.25) is 0 Å². The number of sulfonamides is 1. The normalized spacial score (nSPS) is 12.3. The van der Waals surface area contributed by atoms with Gasteiger partial charge in [-0.2, -0.15) is 0 Å². The van der Waals surface area contributed by atoms with Gasteiger partial charge in [-0.25, -0.2) is 13.1 Å². The van der Waals surface area contributed by atoms with Crippen LogP contribution in [-0.2, 0) is 10.0 Å². The summed E-state index contributed by atoms with van der Waals surface area (Å²) < 4.78 is 24.5. The maximum absolute atomic E-state index is 11.0. The fraction of sp³-hybridized carbons (Fsp3) is 1.00. The highest BCUT2D eigenvalue weighted by Gasteiger charge is 2.04. The molecule has 4 heteroatoms. The Morgan fingerprint density at radius 2 is 1.85 bits per heavy atom. The van der Waals surface area contributed by atoms with Crippen LogP contribution in [0.4, 0.5) is 0 Å². The Morgan fingerprint density at radius 3 is 2.31 bits per heavy atom. The van der Waals surface area contributed by atoms with E-state index in [0.29, 0.717) is 12.5 Å². The molecule has 0 heterocycles. The average molecular weight is 207 g/mol. The number of rotatable bonds is 7. The van der Waals surface area contributed by atoms with Crippen LogP contribution in [0, 0.1) is 5.92 Å². The molecule has 80 valence electrons. The molecule has 13 heavy (non-hydrogen) atoms. The second-order valence-electron chi connectivity index (χ2n) is 3.69. The highest BCUT2D eigenvalue weighted by molar-refractivity contribution is 7.89. The SMILES string of the molecule is CCS(=O)(=O)NCCCCC(C)C. The Morgan fingerprint density at radius 1 is 1.23 bits per heavy atom. The van der Waals surface area contributed by atoms with Crippen LogP contribution < -0.4 is 4.72 Å². The zero-order chi connectivity index (χ0) is 10.3. The molecule has 0 amide bonds. The molecule has 0 atom stereocenters. The molecule has 0 aromatic rings. The van der Waals surface area contributed by atoms with Gasteiger partial charge in [-0.3, -0.25) is 0 Å². The molecule has 1 N–H and O–H groups in total. The van der Waals surface area contributed by atoms with Gasteiger partial charge in [0.15, 0.2) is 0 Å². The van der Waals surface area contributed by atoms with Crippen molar-refractivity contribution in [3.05, 3.63) is 0 Å². The maximum atomic E-state index is 11.0. The van der Waals surface area contributed by atoms with Gasteiger partial charge >= 0.3 is 0 Å². The second-order valence-corrected chi connectivity index (χ2v) is 5.78. The Labute approximate surface area is 82.0 Å². The van der Waals surface area contributed by atoms with Crippen molar-refractivity contribution in [1.29, 1.82) is 0 Å². The zero-order valence-electron chi connectivity index (χ0n) is 8.84. The van der Waals surface area contributed by atoms with Crippen molar-refractivity contribution in [3.63, 3.8) is 0 Å². The summed E-state index contributed by atoms with van der Waals surface area (Å²) in [5, 5.41) is 0. The van der Waals surface area contributed by atoms with E-state index in [-0.39, 0.29) is 5.75 Å². The Bertz CT molecular complexity index is 210. The van der Waals surface area contributed by atoms with E-state index in [2.05, 4.69) is 18.6 Å². The van der Waals surface area contributed by atoms with Crippen molar-refractivity contribution in [2.24, 2.45) is 5.92 Å². The van der Waals surface area contributed by atoms with Gasteiger partial charge in [0.1, 0.15) is 0 Å². The predicted octanol–water partition coefficient (Wildman–Crippen LogP) is 1.75. The third kappa shape index (κ3) is 8.25. The van der Waals surface area contributed by atoms with Crippen molar-refractivity contribution < 1.29 is 8.42 Å². The topological polar surface area (TPSA) is 46.2 Å². The van der Waals surface area contributed by atoms with Crippen LogP contribution in [0.15, 0.2) is 0 Å². The molecule has 0 aliphatic heterocycles. The van der Waals surface area contributed by atoms with Gasteiger partial charge in [-0.05, 0) is 19.3 Å². The fourth-order valence-corrected chi connectivity index (χ4v) is 1.67. The quantitative estimate of drug-likeness (QED) is 0.646. The second kappa shape index (κ2) is 6.38. The van der Waals surface area contributed by atoms with Crippen molar-refractivity contribution in [1.82, 2.24) is 4.72 Å². The standard InChI is InChI=1S/C9H21NO2S/c1-4-13(11,12)10-8-6-5-7-9(2)3/h9-10H,4-8H2,1-3H3. The minimum absolute atomic E-state index is 0.178. The molecular weight excluding hydrogens is 186 g/mol. The van der Waals surface area contributed by atoms with E-state index in [9.17, 15) is 8.42 Å². The molecular formula is C9H21NO2S. The molecule has 0 unspecified atom stereocenters. The van der Waals surface area contributed by atoms with Gasteiger partial charge in [0, 0.05) is 6.54 Å². The van der Waals surface area contributed by atoms with Crippen molar-refractivity contribution in [2.75, 3.05) is 12.3 Å². The van der Waals surface area contributed by atoms with Crippen molar-refractivity contribution in [3.8, 4) is 0 Å². The minimum Gasteiger partial charge on any atom is -0.215 e. The van der Waals surface area contributed by atoms with Gasteiger partial charge in [-0.1, -0.05) is 26.7 Å². The molecule has 0 fully saturated rings. The van der Waals surface area contributed by atoms with E-state index >= 15 is 0 Å². The maximum Gasteiger partial charge on any atom is 0.211 e. The van der Waals surface area contributed by atoms with Crippen LogP contribution in [0.3, 0.4) is 0 Å². The summed E-state index contributed by atoms with van der Waals surface area (Å²) in [7, 11) is -2.97. The fourth-order valence-electron chi connectivity index (χ4n) is 1.01. The van der Waals surface area contributed by atoms with Gasteiger partial charge < -0.3 is 0 Å². The predicted molar refractivity (Wildman–Crippen MR) is 56.2 cm³/mol. The molecule has 0 aromatic heterocycles. The largest absolute Gasteiger partial charge is 0.215 e. The van der Waals surface area contributed by atoms with E-state index in [1.54, 1.807) is 6.92 Å². The summed E-state index contributed by atoms with van der Waals surface area (Å²) >= 11 is 0. The highest BCUT2D eigenvalue weighted by atomic mass is 32.2. The first-order chi connectivity index (χ1) is 5.98. The summed E-state index contributed by atoms with van der Waals surface area (Å²) in [6.45, 7) is 6.59. The third-order valence-electron chi connectivity index (χ3n) is 1.91. The van der Waals surface area contributed by atoms with E-state index in [4.69, 9.17) is 0 Å². The first-order valence-electron chi connectivity index (χ1n) is 4.95. The smallest absolute Gasteiger partial charge is 0.211 e. The van der Waals surface area contributed by atoms with E-state index in [0.717, 1.165) is 12.8 Å². The zero-order valence-corrected chi connectivity index (χ0v) is 9.65. The van der Waals surface area contributed by atoms with Crippen molar-refractivity contribution in [2.45, 2.75) is 40.0 Å². The van der Waals surface area contributed by atoms with Crippen LogP contribution >= 0.6 is 0 Å². The molecule has 0 radical (unpaired) electrons. The van der Waals surface area contributed by atoms with Gasteiger partial charge in [-0.15, -0.1) is 0 Å². The van der Waals surface area contributed by atoms with Gasteiger partial charge in [0.05, 0.1) is 5.75 Å². The van der Waals surface area contributed by atoms with Crippen molar-refractivity contribution >= 4 is 10.0 Å². The molecule has 0 aliphatic carbocycles. The lowest BCUT2D eigenvalue weighted by Crippen LogP contribution is -2.26. The van der Waals surface area contributed by atoms with E-state index in [1.165, 1.54) is 6.42 Å². The summed E-state index contributed by atoms with van der Waals surface area (Å²) in [5.74, 6) is 0.889. The summed E-state index contributed by atoms with van der Waals surface area (Å²) in [6, 6.07) is 0. The van der Waals surface area contributed by atoms with Crippen LogP contribution in [-0.4, -0.2) is 20.7 Å². The molecule has 0 saturated heterocycles. The Hall–Kier alpha value is -0.0900. The number of hydrogen-bond donors (Lipinski definition) is 1. The van der Waals surface area contributed by atoms with E-state index in [1.807, 2.05) is 0 Å².